The highest BCUT2D eigenvalue weighted by Gasteiger charge is 2.07. The first-order chi connectivity index (χ1) is 13.0. The van der Waals surface area contributed by atoms with Crippen LogP contribution in [0.1, 0.15) is 16.7 Å². The Labute approximate surface area is 162 Å². The molecule has 0 amide bonds. The summed E-state index contributed by atoms with van der Waals surface area (Å²) in [5.74, 6) is 0.622. The molecule has 0 aliphatic carbocycles. The molecular weight excluding hydrogens is 364 g/mol. The SMILES string of the molecule is Cc1ccc(COc2ccc(CNc3cccc([N+](=O)[O-])c3)cc2Cl)cc1. The summed E-state index contributed by atoms with van der Waals surface area (Å²) in [5.41, 5.74) is 3.97. The van der Waals surface area contributed by atoms with Crippen molar-refractivity contribution in [3.05, 3.63) is 98.6 Å². The number of hydrogen-bond donors (Lipinski definition) is 1. The quantitative estimate of drug-likeness (QED) is 0.417. The summed E-state index contributed by atoms with van der Waals surface area (Å²) in [6.45, 7) is 2.99. The van der Waals surface area contributed by atoms with Gasteiger partial charge in [0.05, 0.1) is 9.95 Å². The normalized spacial score (nSPS) is 10.4. The summed E-state index contributed by atoms with van der Waals surface area (Å²) in [6, 6.07) is 20.1. The first kappa shape index (κ1) is 18.7. The summed E-state index contributed by atoms with van der Waals surface area (Å²) >= 11 is 6.33. The van der Waals surface area contributed by atoms with Crippen molar-refractivity contribution in [1.82, 2.24) is 0 Å². The molecule has 3 rings (SSSR count). The van der Waals surface area contributed by atoms with E-state index in [0.29, 0.717) is 29.6 Å². The van der Waals surface area contributed by atoms with Crippen molar-refractivity contribution in [1.29, 1.82) is 0 Å². The number of halogens is 1. The Morgan fingerprint density at radius 2 is 1.78 bits per heavy atom. The Balaban J connectivity index is 1.60. The van der Waals surface area contributed by atoms with Crippen LogP contribution in [0.4, 0.5) is 11.4 Å². The summed E-state index contributed by atoms with van der Waals surface area (Å²) < 4.78 is 5.80. The Morgan fingerprint density at radius 1 is 1.04 bits per heavy atom. The zero-order valence-corrected chi connectivity index (χ0v) is 15.6. The third kappa shape index (κ3) is 5.21. The van der Waals surface area contributed by atoms with Crippen molar-refractivity contribution >= 4 is 23.0 Å². The van der Waals surface area contributed by atoms with Crippen LogP contribution >= 0.6 is 11.6 Å². The first-order valence-electron chi connectivity index (χ1n) is 8.46. The van der Waals surface area contributed by atoms with Crippen LogP contribution in [-0.4, -0.2) is 4.92 Å². The van der Waals surface area contributed by atoms with E-state index in [1.165, 1.54) is 17.7 Å². The highest BCUT2D eigenvalue weighted by molar-refractivity contribution is 6.32. The number of nitro benzene ring substituents is 1. The van der Waals surface area contributed by atoms with Crippen LogP contribution < -0.4 is 10.1 Å². The molecule has 0 fully saturated rings. The molecule has 5 nitrogen and oxygen atoms in total. The van der Waals surface area contributed by atoms with Gasteiger partial charge >= 0.3 is 0 Å². The molecule has 0 unspecified atom stereocenters. The summed E-state index contributed by atoms with van der Waals surface area (Å²) in [6.07, 6.45) is 0. The van der Waals surface area contributed by atoms with Gasteiger partial charge in [0.1, 0.15) is 12.4 Å². The molecule has 0 spiro atoms. The average molecular weight is 383 g/mol. The smallest absolute Gasteiger partial charge is 0.271 e. The summed E-state index contributed by atoms with van der Waals surface area (Å²) in [7, 11) is 0. The van der Waals surface area contributed by atoms with E-state index < -0.39 is 4.92 Å². The van der Waals surface area contributed by atoms with Crippen LogP contribution in [0.2, 0.25) is 5.02 Å². The Morgan fingerprint density at radius 3 is 2.48 bits per heavy atom. The molecule has 0 bridgehead atoms. The van der Waals surface area contributed by atoms with Crippen molar-refractivity contribution in [2.24, 2.45) is 0 Å². The molecule has 0 saturated heterocycles. The van der Waals surface area contributed by atoms with E-state index in [2.05, 4.69) is 5.32 Å². The molecule has 0 aromatic heterocycles. The lowest BCUT2D eigenvalue weighted by molar-refractivity contribution is -0.384. The zero-order chi connectivity index (χ0) is 19.2. The number of benzene rings is 3. The maximum absolute atomic E-state index is 10.8. The molecule has 0 atom stereocenters. The van der Waals surface area contributed by atoms with Gasteiger partial charge in [0.15, 0.2) is 0 Å². The van der Waals surface area contributed by atoms with E-state index in [0.717, 1.165) is 11.1 Å². The molecule has 27 heavy (non-hydrogen) atoms. The molecule has 0 radical (unpaired) electrons. The molecule has 0 aliphatic heterocycles. The zero-order valence-electron chi connectivity index (χ0n) is 14.8. The second kappa shape index (κ2) is 8.56. The van der Waals surface area contributed by atoms with E-state index >= 15 is 0 Å². The van der Waals surface area contributed by atoms with Crippen LogP contribution in [-0.2, 0) is 13.2 Å². The van der Waals surface area contributed by atoms with Crippen LogP contribution in [0, 0.1) is 17.0 Å². The number of hydrogen-bond acceptors (Lipinski definition) is 4. The third-order valence-electron chi connectivity index (χ3n) is 4.06. The van der Waals surface area contributed by atoms with E-state index in [9.17, 15) is 10.1 Å². The average Bonchev–Trinajstić information content (AvgIpc) is 2.67. The van der Waals surface area contributed by atoms with Crippen molar-refractivity contribution in [2.45, 2.75) is 20.1 Å². The third-order valence-corrected chi connectivity index (χ3v) is 4.36. The molecule has 6 heteroatoms. The number of nitrogens with one attached hydrogen (secondary N) is 1. The number of nitrogens with zero attached hydrogens (tertiary/aromatic N) is 1. The molecule has 1 N–H and O–H groups in total. The lowest BCUT2D eigenvalue weighted by Crippen LogP contribution is -2.01. The van der Waals surface area contributed by atoms with Crippen molar-refractivity contribution in [3.8, 4) is 5.75 Å². The van der Waals surface area contributed by atoms with Gasteiger partial charge in [0.2, 0.25) is 0 Å². The van der Waals surface area contributed by atoms with Crippen LogP contribution in [0.25, 0.3) is 0 Å². The van der Waals surface area contributed by atoms with E-state index in [1.54, 1.807) is 12.1 Å². The first-order valence-corrected chi connectivity index (χ1v) is 8.84. The predicted molar refractivity (Wildman–Crippen MR) is 107 cm³/mol. The highest BCUT2D eigenvalue weighted by Crippen LogP contribution is 2.27. The van der Waals surface area contributed by atoms with Gasteiger partial charge in [-0.15, -0.1) is 0 Å². The maximum atomic E-state index is 10.8. The van der Waals surface area contributed by atoms with Gasteiger partial charge in [-0.3, -0.25) is 10.1 Å². The lowest BCUT2D eigenvalue weighted by atomic mass is 10.1. The van der Waals surface area contributed by atoms with Gasteiger partial charge in [-0.2, -0.15) is 0 Å². The molecular formula is C21H19ClN2O3. The van der Waals surface area contributed by atoms with E-state index in [1.807, 2.05) is 49.4 Å². The molecule has 0 heterocycles. The van der Waals surface area contributed by atoms with Gasteiger partial charge in [-0.1, -0.05) is 53.6 Å². The number of non-ortho nitro benzene ring substituents is 1. The van der Waals surface area contributed by atoms with Crippen LogP contribution in [0.5, 0.6) is 5.75 Å². The minimum absolute atomic E-state index is 0.0536. The summed E-state index contributed by atoms with van der Waals surface area (Å²) in [5, 5.41) is 14.5. The molecule has 3 aromatic rings. The van der Waals surface area contributed by atoms with Crippen LogP contribution in [0.15, 0.2) is 66.7 Å². The predicted octanol–water partition coefficient (Wildman–Crippen LogP) is 5.75. The molecule has 3 aromatic carbocycles. The second-order valence-electron chi connectivity index (χ2n) is 6.20. The Hall–Kier alpha value is -3.05. The van der Waals surface area contributed by atoms with E-state index in [-0.39, 0.29) is 5.69 Å². The van der Waals surface area contributed by atoms with Gasteiger partial charge in [-0.05, 0) is 36.2 Å². The number of anilines is 1. The van der Waals surface area contributed by atoms with Gasteiger partial charge < -0.3 is 10.1 Å². The standard InChI is InChI=1S/C21H19ClN2O3/c1-15-5-7-16(8-6-15)14-27-21-10-9-17(11-20(21)22)13-23-18-3-2-4-19(12-18)24(25)26/h2-12,23H,13-14H2,1H3. The molecule has 0 aliphatic rings. The fourth-order valence-corrected chi connectivity index (χ4v) is 2.81. The largest absolute Gasteiger partial charge is 0.487 e. The van der Waals surface area contributed by atoms with E-state index in [4.69, 9.17) is 16.3 Å². The number of nitro groups is 1. The van der Waals surface area contributed by atoms with Crippen molar-refractivity contribution in [3.63, 3.8) is 0 Å². The van der Waals surface area contributed by atoms with Gasteiger partial charge in [0.25, 0.3) is 5.69 Å². The monoisotopic (exact) mass is 382 g/mol. The number of aryl methyl sites for hydroxylation is 1. The fourth-order valence-electron chi connectivity index (χ4n) is 2.55. The number of ether oxygens (including phenoxy) is 1. The Bertz CT molecular complexity index is 942. The molecule has 138 valence electrons. The Kier molecular flexibility index (Phi) is 5.94. The van der Waals surface area contributed by atoms with Gasteiger partial charge in [0, 0.05) is 24.4 Å². The maximum Gasteiger partial charge on any atom is 0.271 e. The summed E-state index contributed by atoms with van der Waals surface area (Å²) in [4.78, 5) is 10.4. The van der Waals surface area contributed by atoms with Gasteiger partial charge in [-0.25, -0.2) is 0 Å². The van der Waals surface area contributed by atoms with Crippen molar-refractivity contribution in [2.75, 3.05) is 5.32 Å². The van der Waals surface area contributed by atoms with Crippen LogP contribution in [0.3, 0.4) is 0 Å². The number of rotatable bonds is 7. The molecule has 0 saturated carbocycles. The lowest BCUT2D eigenvalue weighted by Gasteiger charge is -2.11. The topological polar surface area (TPSA) is 64.4 Å². The highest BCUT2D eigenvalue weighted by atomic mass is 35.5. The fraction of sp³-hybridized carbons (Fsp3) is 0.143. The minimum atomic E-state index is -0.414. The minimum Gasteiger partial charge on any atom is -0.487 e. The van der Waals surface area contributed by atoms with Crippen molar-refractivity contribution < 1.29 is 9.66 Å². The second-order valence-corrected chi connectivity index (χ2v) is 6.61.